The van der Waals surface area contributed by atoms with Gasteiger partial charge in [-0.15, -0.1) is 13.2 Å². The summed E-state index contributed by atoms with van der Waals surface area (Å²) in [6.45, 7) is 1.11. The molecule has 1 heterocycles. The second-order valence-electron chi connectivity index (χ2n) is 6.90. The summed E-state index contributed by atoms with van der Waals surface area (Å²) in [6.07, 6.45) is -4.06. The highest BCUT2D eigenvalue weighted by atomic mass is 19.4. The highest BCUT2D eigenvalue weighted by Crippen LogP contribution is 2.29. The molecule has 1 aliphatic rings. The third-order valence-corrected chi connectivity index (χ3v) is 4.59. The van der Waals surface area contributed by atoms with Crippen LogP contribution >= 0.6 is 0 Å². The molecule has 2 aromatic carbocycles. The first-order valence-corrected chi connectivity index (χ1v) is 9.56. The van der Waals surface area contributed by atoms with E-state index in [-0.39, 0.29) is 30.8 Å². The minimum atomic E-state index is -4.75. The second kappa shape index (κ2) is 9.69. The number of para-hydroxylation sites is 2. The van der Waals surface area contributed by atoms with E-state index >= 15 is 0 Å². The van der Waals surface area contributed by atoms with Crippen LogP contribution < -0.4 is 15.0 Å². The molecule has 0 unspecified atom stereocenters. The number of methoxy groups -OCH3 is 1. The molecule has 31 heavy (non-hydrogen) atoms. The van der Waals surface area contributed by atoms with Gasteiger partial charge < -0.3 is 19.7 Å². The highest BCUT2D eigenvalue weighted by molar-refractivity contribution is 6.01. The van der Waals surface area contributed by atoms with Crippen molar-refractivity contribution < 1.29 is 32.2 Å². The molecular weight excluding hydrogens is 415 g/mol. The van der Waals surface area contributed by atoms with Gasteiger partial charge in [-0.1, -0.05) is 24.3 Å². The lowest BCUT2D eigenvalue weighted by molar-refractivity contribution is -0.274. The molecule has 1 saturated heterocycles. The summed E-state index contributed by atoms with van der Waals surface area (Å²) in [5.74, 6) is -0.652. The molecule has 0 atom stereocenters. The molecule has 7 nitrogen and oxygen atoms in total. The van der Waals surface area contributed by atoms with Crippen molar-refractivity contribution in [2.45, 2.75) is 19.3 Å². The maximum Gasteiger partial charge on any atom is 0.573 e. The summed E-state index contributed by atoms with van der Waals surface area (Å²) in [6, 6.07) is 12.1. The van der Waals surface area contributed by atoms with Gasteiger partial charge in [-0.2, -0.15) is 0 Å². The topological polar surface area (TPSA) is 71.1 Å². The van der Waals surface area contributed by atoms with Crippen LogP contribution in [0, 0.1) is 0 Å². The lowest BCUT2D eigenvalue weighted by Crippen LogP contribution is -2.49. The molecule has 0 bridgehead atoms. The van der Waals surface area contributed by atoms with Crippen LogP contribution in [0.1, 0.15) is 12.0 Å². The number of rotatable bonds is 7. The van der Waals surface area contributed by atoms with Gasteiger partial charge in [0.05, 0.1) is 11.4 Å². The Bertz CT molecular complexity index is 919. The Labute approximate surface area is 177 Å². The number of urea groups is 1. The normalized spacial score (nSPS) is 14.5. The zero-order chi connectivity index (χ0) is 22.4. The average molecular weight is 437 g/mol. The molecular formula is C21H22F3N3O4. The maximum absolute atomic E-state index is 13.1. The van der Waals surface area contributed by atoms with E-state index in [4.69, 9.17) is 4.74 Å². The minimum absolute atomic E-state index is 0.109. The number of nitrogens with one attached hydrogen (secondary N) is 1. The van der Waals surface area contributed by atoms with Gasteiger partial charge in [-0.05, 0) is 36.2 Å². The first-order valence-electron chi connectivity index (χ1n) is 9.56. The van der Waals surface area contributed by atoms with Crippen molar-refractivity contribution in [1.29, 1.82) is 0 Å². The van der Waals surface area contributed by atoms with Crippen LogP contribution in [0.25, 0.3) is 0 Å². The lowest BCUT2D eigenvalue weighted by atomic mass is 10.1. The minimum Gasteiger partial charge on any atom is -0.406 e. The molecule has 0 aliphatic carbocycles. The fourth-order valence-electron chi connectivity index (χ4n) is 3.30. The van der Waals surface area contributed by atoms with Gasteiger partial charge in [-0.25, -0.2) is 4.79 Å². The number of benzene rings is 2. The van der Waals surface area contributed by atoms with Crippen LogP contribution in [0.3, 0.4) is 0 Å². The van der Waals surface area contributed by atoms with Crippen LogP contribution in [-0.4, -0.2) is 50.0 Å². The number of carbonyl (C=O) groups is 2. The van der Waals surface area contributed by atoms with Gasteiger partial charge in [0.2, 0.25) is 5.91 Å². The average Bonchev–Trinajstić information content (AvgIpc) is 2.71. The quantitative estimate of drug-likeness (QED) is 0.711. The molecule has 166 valence electrons. The van der Waals surface area contributed by atoms with Crippen molar-refractivity contribution >= 4 is 23.3 Å². The van der Waals surface area contributed by atoms with Gasteiger partial charge in [0.15, 0.2) is 0 Å². The van der Waals surface area contributed by atoms with Gasteiger partial charge >= 0.3 is 12.4 Å². The predicted molar refractivity (Wildman–Crippen MR) is 108 cm³/mol. The predicted octanol–water partition coefficient (Wildman–Crippen LogP) is 4.00. The number of ether oxygens (including phenoxy) is 2. The van der Waals surface area contributed by atoms with Crippen LogP contribution in [0.4, 0.5) is 29.3 Å². The SMILES string of the molecule is COCC(=O)Nc1ccccc1N1CCCN(Cc2ccc(OC(F)(F)F)cc2)C1=O. The van der Waals surface area contributed by atoms with E-state index in [0.717, 1.165) is 0 Å². The van der Waals surface area contributed by atoms with Crippen LogP contribution in [0.2, 0.25) is 0 Å². The van der Waals surface area contributed by atoms with Crippen LogP contribution in [0.5, 0.6) is 5.75 Å². The molecule has 1 aliphatic heterocycles. The molecule has 3 amide bonds. The number of hydrogen-bond acceptors (Lipinski definition) is 4. The maximum atomic E-state index is 13.1. The van der Waals surface area contributed by atoms with Crippen molar-refractivity contribution in [3.63, 3.8) is 0 Å². The molecule has 1 N–H and O–H groups in total. The Hall–Kier alpha value is -3.27. The number of carbonyl (C=O) groups excluding carboxylic acids is 2. The number of anilines is 2. The molecule has 0 aromatic heterocycles. The summed E-state index contributed by atoms with van der Waals surface area (Å²) >= 11 is 0. The van der Waals surface area contributed by atoms with Gasteiger partial charge in [0.25, 0.3) is 0 Å². The summed E-state index contributed by atoms with van der Waals surface area (Å²) in [4.78, 5) is 28.2. The Kier molecular flexibility index (Phi) is 7.01. The molecule has 10 heteroatoms. The second-order valence-corrected chi connectivity index (χ2v) is 6.90. The Morgan fingerprint density at radius 3 is 2.48 bits per heavy atom. The Balaban J connectivity index is 1.71. The molecule has 0 radical (unpaired) electrons. The third-order valence-electron chi connectivity index (χ3n) is 4.59. The van der Waals surface area contributed by atoms with E-state index in [2.05, 4.69) is 10.1 Å². The highest BCUT2D eigenvalue weighted by Gasteiger charge is 2.31. The van der Waals surface area contributed by atoms with Crippen molar-refractivity contribution in [1.82, 2.24) is 4.90 Å². The molecule has 0 spiro atoms. The summed E-state index contributed by atoms with van der Waals surface area (Å²) in [7, 11) is 1.42. The van der Waals surface area contributed by atoms with E-state index < -0.39 is 6.36 Å². The first-order chi connectivity index (χ1) is 14.8. The third kappa shape index (κ3) is 6.11. The number of hydrogen-bond donors (Lipinski definition) is 1. The van der Waals surface area contributed by atoms with E-state index in [1.54, 1.807) is 34.1 Å². The molecule has 0 saturated carbocycles. The Morgan fingerprint density at radius 1 is 1.10 bits per heavy atom. The monoisotopic (exact) mass is 437 g/mol. The van der Waals surface area contributed by atoms with Crippen molar-refractivity contribution in [2.75, 3.05) is 37.0 Å². The van der Waals surface area contributed by atoms with Gasteiger partial charge in [-0.3, -0.25) is 9.69 Å². The van der Waals surface area contributed by atoms with Crippen LogP contribution in [-0.2, 0) is 16.1 Å². The smallest absolute Gasteiger partial charge is 0.406 e. The summed E-state index contributed by atoms with van der Waals surface area (Å²) < 4.78 is 45.6. The number of alkyl halides is 3. The molecule has 1 fully saturated rings. The van der Waals surface area contributed by atoms with Crippen molar-refractivity contribution in [3.8, 4) is 5.75 Å². The van der Waals surface area contributed by atoms with E-state index in [0.29, 0.717) is 36.4 Å². The number of halogens is 3. The van der Waals surface area contributed by atoms with Crippen LogP contribution in [0.15, 0.2) is 48.5 Å². The fourth-order valence-corrected chi connectivity index (χ4v) is 3.30. The largest absolute Gasteiger partial charge is 0.573 e. The fraction of sp³-hybridized carbons (Fsp3) is 0.333. The summed E-state index contributed by atoms with van der Waals surface area (Å²) in [5, 5.41) is 2.74. The van der Waals surface area contributed by atoms with Gasteiger partial charge in [0.1, 0.15) is 12.4 Å². The number of amides is 3. The van der Waals surface area contributed by atoms with Crippen molar-refractivity contribution in [3.05, 3.63) is 54.1 Å². The number of nitrogens with zero attached hydrogens (tertiary/aromatic N) is 2. The van der Waals surface area contributed by atoms with E-state index in [9.17, 15) is 22.8 Å². The van der Waals surface area contributed by atoms with Gasteiger partial charge in [0, 0.05) is 26.7 Å². The van der Waals surface area contributed by atoms with Crippen molar-refractivity contribution in [2.24, 2.45) is 0 Å². The Morgan fingerprint density at radius 2 is 1.81 bits per heavy atom. The molecule has 2 aromatic rings. The zero-order valence-electron chi connectivity index (χ0n) is 16.8. The first kappa shape index (κ1) is 22.4. The molecule has 3 rings (SSSR count). The summed E-state index contributed by atoms with van der Waals surface area (Å²) in [5.41, 5.74) is 1.73. The van der Waals surface area contributed by atoms with E-state index in [1.807, 2.05) is 0 Å². The van der Waals surface area contributed by atoms with E-state index in [1.165, 1.54) is 31.4 Å². The lowest BCUT2D eigenvalue weighted by Gasteiger charge is -2.36. The zero-order valence-corrected chi connectivity index (χ0v) is 16.8. The standard InChI is InChI=1S/C21H22F3N3O4/c1-30-14-19(28)25-17-5-2-3-6-18(17)27-12-4-11-26(20(27)29)13-15-7-9-16(10-8-15)31-21(22,23)24/h2-3,5-10H,4,11-14H2,1H3,(H,25,28).